The van der Waals surface area contributed by atoms with E-state index in [0.717, 1.165) is 0 Å². The van der Waals surface area contributed by atoms with Crippen LogP contribution in [0, 0.1) is 0 Å². The van der Waals surface area contributed by atoms with Crippen LogP contribution < -0.4 is 10.1 Å². The molecule has 1 N–H and O–H groups in total. The molecule has 0 radical (unpaired) electrons. The van der Waals surface area contributed by atoms with Crippen molar-refractivity contribution in [3.8, 4) is 5.88 Å². The maximum atomic E-state index is 12.4. The van der Waals surface area contributed by atoms with Crippen molar-refractivity contribution in [2.75, 3.05) is 26.7 Å². The zero-order chi connectivity index (χ0) is 16.4. The lowest BCUT2D eigenvalue weighted by Crippen LogP contribution is -2.49. The van der Waals surface area contributed by atoms with Crippen LogP contribution in [-0.4, -0.2) is 65.4 Å². The summed E-state index contributed by atoms with van der Waals surface area (Å²) in [6, 6.07) is 2.85. The number of pyridine rings is 1. The average molecular weight is 318 g/mol. The lowest BCUT2D eigenvalue weighted by atomic mass is 10.0. The lowest BCUT2D eigenvalue weighted by Gasteiger charge is -2.35. The molecule has 2 fully saturated rings. The first-order valence-corrected chi connectivity index (χ1v) is 7.49. The quantitative estimate of drug-likeness (QED) is 0.807. The molecule has 2 saturated heterocycles. The number of aromatic nitrogens is 1. The summed E-state index contributed by atoms with van der Waals surface area (Å²) < 4.78 is 4.97. The van der Waals surface area contributed by atoms with Gasteiger partial charge in [-0.3, -0.25) is 14.5 Å². The van der Waals surface area contributed by atoms with Crippen LogP contribution in [0.4, 0.5) is 4.79 Å². The van der Waals surface area contributed by atoms with Crippen LogP contribution in [0.3, 0.4) is 0 Å². The van der Waals surface area contributed by atoms with E-state index in [-0.39, 0.29) is 30.4 Å². The average Bonchev–Trinajstić information content (AvgIpc) is 2.93. The third kappa shape index (κ3) is 2.96. The Morgan fingerprint density at radius 3 is 2.57 bits per heavy atom. The number of rotatable bonds is 3. The van der Waals surface area contributed by atoms with Crippen molar-refractivity contribution in [2.24, 2.45) is 0 Å². The monoisotopic (exact) mass is 318 g/mol. The van der Waals surface area contributed by atoms with Crippen LogP contribution in [-0.2, 0) is 4.79 Å². The van der Waals surface area contributed by atoms with Crippen LogP contribution in [0.15, 0.2) is 18.3 Å². The summed E-state index contributed by atoms with van der Waals surface area (Å²) in [6.45, 7) is 1.08. The largest absolute Gasteiger partial charge is 0.481 e. The van der Waals surface area contributed by atoms with Gasteiger partial charge >= 0.3 is 6.03 Å². The van der Waals surface area contributed by atoms with Gasteiger partial charge in [0.15, 0.2) is 0 Å². The molecule has 3 rings (SSSR count). The number of hydrogen-bond donors (Lipinski definition) is 1. The molecule has 0 atom stereocenters. The Labute approximate surface area is 133 Å². The fourth-order valence-electron chi connectivity index (χ4n) is 2.94. The van der Waals surface area contributed by atoms with E-state index >= 15 is 0 Å². The molecule has 122 valence electrons. The molecule has 1 aromatic rings. The molecule has 8 heteroatoms. The summed E-state index contributed by atoms with van der Waals surface area (Å²) in [6.07, 6.45) is 2.67. The molecule has 0 spiro atoms. The van der Waals surface area contributed by atoms with E-state index in [1.807, 2.05) is 0 Å². The minimum atomic E-state index is -0.334. The van der Waals surface area contributed by atoms with Gasteiger partial charge in [-0.25, -0.2) is 9.78 Å². The van der Waals surface area contributed by atoms with Gasteiger partial charge in [-0.2, -0.15) is 0 Å². The summed E-state index contributed by atoms with van der Waals surface area (Å²) in [5.41, 5.74) is 0.499. The van der Waals surface area contributed by atoms with Gasteiger partial charge in [0.1, 0.15) is 0 Å². The first kappa shape index (κ1) is 15.3. The highest BCUT2D eigenvalue weighted by atomic mass is 16.5. The Kier molecular flexibility index (Phi) is 4.14. The van der Waals surface area contributed by atoms with Gasteiger partial charge in [0, 0.05) is 31.4 Å². The van der Waals surface area contributed by atoms with Crippen LogP contribution in [0.1, 0.15) is 23.2 Å². The number of likely N-dealkylation sites (tertiary alicyclic amines) is 1. The number of methoxy groups -OCH3 is 1. The Morgan fingerprint density at radius 2 is 2.04 bits per heavy atom. The second-order valence-electron chi connectivity index (χ2n) is 5.54. The van der Waals surface area contributed by atoms with Crippen molar-refractivity contribution in [1.29, 1.82) is 0 Å². The zero-order valence-corrected chi connectivity index (χ0v) is 12.8. The highest BCUT2D eigenvalue weighted by Crippen LogP contribution is 2.20. The number of nitrogens with one attached hydrogen (secondary N) is 1. The highest BCUT2D eigenvalue weighted by Gasteiger charge is 2.37. The zero-order valence-electron chi connectivity index (χ0n) is 12.8. The minimum Gasteiger partial charge on any atom is -0.481 e. The van der Waals surface area contributed by atoms with E-state index in [2.05, 4.69) is 10.3 Å². The summed E-state index contributed by atoms with van der Waals surface area (Å²) in [4.78, 5) is 42.9. The van der Waals surface area contributed by atoms with Gasteiger partial charge in [-0.15, -0.1) is 0 Å². The van der Waals surface area contributed by atoms with Crippen molar-refractivity contribution < 1.29 is 19.1 Å². The molecule has 3 heterocycles. The van der Waals surface area contributed by atoms with Crippen LogP contribution in [0.25, 0.3) is 0 Å². The third-order valence-electron chi connectivity index (χ3n) is 4.19. The molecule has 0 unspecified atom stereocenters. The van der Waals surface area contributed by atoms with Crippen LogP contribution in [0.2, 0.25) is 0 Å². The molecule has 2 aliphatic rings. The van der Waals surface area contributed by atoms with Gasteiger partial charge in [0.2, 0.25) is 11.8 Å². The van der Waals surface area contributed by atoms with Crippen molar-refractivity contribution >= 4 is 17.8 Å². The molecule has 8 nitrogen and oxygen atoms in total. The third-order valence-corrected chi connectivity index (χ3v) is 4.19. The maximum absolute atomic E-state index is 12.4. The Morgan fingerprint density at radius 1 is 1.30 bits per heavy atom. The van der Waals surface area contributed by atoms with Crippen LogP contribution in [0.5, 0.6) is 5.88 Å². The van der Waals surface area contributed by atoms with Gasteiger partial charge < -0.3 is 15.0 Å². The molecule has 0 aliphatic carbocycles. The Hall–Kier alpha value is -2.64. The van der Waals surface area contributed by atoms with Gasteiger partial charge in [-0.1, -0.05) is 0 Å². The number of imide groups is 1. The fourth-order valence-corrected chi connectivity index (χ4v) is 2.94. The number of carbonyl (C=O) groups is 3. The van der Waals surface area contributed by atoms with E-state index in [0.29, 0.717) is 37.4 Å². The summed E-state index contributed by atoms with van der Waals surface area (Å²) in [7, 11) is 1.52. The molecule has 1 aromatic heterocycles. The minimum absolute atomic E-state index is 0.0650. The molecule has 2 aliphatic heterocycles. The van der Waals surface area contributed by atoms with Gasteiger partial charge in [-0.05, 0) is 18.9 Å². The molecule has 0 saturated carbocycles. The molecular formula is C15H18N4O4. The first-order chi connectivity index (χ1) is 11.1. The number of urea groups is 1. The summed E-state index contributed by atoms with van der Waals surface area (Å²) >= 11 is 0. The summed E-state index contributed by atoms with van der Waals surface area (Å²) in [5, 5.41) is 2.52. The molecule has 0 aromatic carbocycles. The van der Waals surface area contributed by atoms with Crippen molar-refractivity contribution in [3.05, 3.63) is 23.9 Å². The second kappa shape index (κ2) is 6.23. The number of piperidine rings is 1. The number of hydrogen-bond acceptors (Lipinski definition) is 5. The molecule has 4 amide bonds. The lowest BCUT2D eigenvalue weighted by molar-refractivity contribution is -0.127. The smallest absolute Gasteiger partial charge is 0.324 e. The van der Waals surface area contributed by atoms with Gasteiger partial charge in [0.25, 0.3) is 5.91 Å². The first-order valence-electron chi connectivity index (χ1n) is 7.49. The Balaban J connectivity index is 1.60. The second-order valence-corrected chi connectivity index (χ2v) is 5.54. The molecule has 0 bridgehead atoms. The van der Waals surface area contributed by atoms with E-state index < -0.39 is 0 Å². The van der Waals surface area contributed by atoms with Crippen molar-refractivity contribution in [3.63, 3.8) is 0 Å². The van der Waals surface area contributed by atoms with E-state index in [9.17, 15) is 14.4 Å². The predicted octanol–water partition coefficient (Wildman–Crippen LogP) is 0.247. The molecule has 23 heavy (non-hydrogen) atoms. The fraction of sp³-hybridized carbons (Fsp3) is 0.467. The summed E-state index contributed by atoms with van der Waals surface area (Å²) in [5.74, 6) is 0.161. The standard InChI is InChI=1S/C15H18N4O4/c1-23-12-3-2-10(8-16-12)14(21)18-6-4-11(5-7-18)19-13(20)9-17-15(19)22/h2-3,8,11H,4-7,9H2,1H3,(H,17,22). The number of amides is 4. The van der Waals surface area contributed by atoms with Crippen molar-refractivity contribution in [2.45, 2.75) is 18.9 Å². The predicted molar refractivity (Wildman–Crippen MR) is 80.0 cm³/mol. The Bertz CT molecular complexity index is 607. The van der Waals surface area contributed by atoms with Gasteiger partial charge in [0.05, 0.1) is 19.2 Å². The SMILES string of the molecule is COc1ccc(C(=O)N2CCC(N3C(=O)CNC3=O)CC2)cn1. The number of nitrogens with zero attached hydrogens (tertiary/aromatic N) is 3. The maximum Gasteiger partial charge on any atom is 0.324 e. The highest BCUT2D eigenvalue weighted by molar-refractivity contribution is 6.02. The van der Waals surface area contributed by atoms with E-state index in [1.165, 1.54) is 18.2 Å². The molecular weight excluding hydrogens is 300 g/mol. The number of ether oxygens (including phenoxy) is 1. The van der Waals surface area contributed by atoms with Crippen LogP contribution >= 0.6 is 0 Å². The number of carbonyl (C=O) groups excluding carboxylic acids is 3. The topological polar surface area (TPSA) is 91.8 Å². The van der Waals surface area contributed by atoms with Crippen molar-refractivity contribution in [1.82, 2.24) is 20.1 Å². The normalized spacial score (nSPS) is 19.0. The van der Waals surface area contributed by atoms with E-state index in [4.69, 9.17) is 4.74 Å². The van der Waals surface area contributed by atoms with E-state index in [1.54, 1.807) is 17.0 Å².